The van der Waals surface area contributed by atoms with E-state index < -0.39 is 0 Å². The molecule has 2 aromatic heterocycles. The summed E-state index contributed by atoms with van der Waals surface area (Å²) in [5.74, 6) is 0.602. The van der Waals surface area contributed by atoms with Gasteiger partial charge in [-0.2, -0.15) is 5.10 Å². The van der Waals surface area contributed by atoms with Gasteiger partial charge in [-0.05, 0) is 24.5 Å². The minimum Gasteiger partial charge on any atom is -0.308 e. The first kappa shape index (κ1) is 14.8. The Balaban J connectivity index is 2.00. The van der Waals surface area contributed by atoms with Gasteiger partial charge < -0.3 is 4.98 Å². The van der Waals surface area contributed by atoms with Gasteiger partial charge in [-0.15, -0.1) is 0 Å². The van der Waals surface area contributed by atoms with Gasteiger partial charge in [0.2, 0.25) is 0 Å². The molecule has 0 radical (unpaired) electrons. The monoisotopic (exact) mass is 316 g/mol. The van der Waals surface area contributed by atoms with Gasteiger partial charge in [-0.1, -0.05) is 43.1 Å². The molecule has 0 aliphatic carbocycles. The molecule has 0 fully saturated rings. The van der Waals surface area contributed by atoms with Gasteiger partial charge in [0.05, 0.1) is 5.69 Å². The van der Waals surface area contributed by atoms with Crippen molar-refractivity contribution in [1.29, 1.82) is 0 Å². The van der Waals surface area contributed by atoms with Crippen LogP contribution in [0.3, 0.4) is 0 Å². The molecule has 3 aromatic rings. The third-order valence-electron chi connectivity index (χ3n) is 3.63. The Labute approximate surface area is 132 Å². The van der Waals surface area contributed by atoms with E-state index in [1.54, 1.807) is 0 Å². The molecular weight excluding hydrogens is 300 g/mol. The third kappa shape index (κ3) is 2.90. The summed E-state index contributed by atoms with van der Waals surface area (Å²) in [6.07, 6.45) is 3.40. The molecule has 3 rings (SSSR count). The van der Waals surface area contributed by atoms with Gasteiger partial charge >= 0.3 is 0 Å². The van der Waals surface area contributed by atoms with Crippen molar-refractivity contribution >= 4 is 22.6 Å². The van der Waals surface area contributed by atoms with Crippen molar-refractivity contribution in [3.05, 3.63) is 56.7 Å². The Hall–Kier alpha value is -2.14. The average Bonchev–Trinajstić information content (AvgIpc) is 2.91. The Morgan fingerprint density at radius 3 is 2.86 bits per heavy atom. The number of nitrogens with one attached hydrogen (secondary N) is 2. The number of hydrogen-bond acceptors (Lipinski definition) is 3. The lowest BCUT2D eigenvalue weighted by molar-refractivity contribution is 0.774. The highest BCUT2D eigenvalue weighted by molar-refractivity contribution is 6.31. The predicted molar refractivity (Wildman–Crippen MR) is 87.4 cm³/mol. The molecule has 114 valence electrons. The molecule has 5 nitrogen and oxygen atoms in total. The molecule has 0 aliphatic heterocycles. The second kappa shape index (κ2) is 6.32. The molecule has 1 aromatic carbocycles. The maximum Gasteiger partial charge on any atom is 0.276 e. The molecule has 0 saturated carbocycles. The van der Waals surface area contributed by atoms with Crippen molar-refractivity contribution < 1.29 is 0 Å². The Kier molecular flexibility index (Phi) is 4.24. The van der Waals surface area contributed by atoms with Crippen LogP contribution in [0.1, 0.15) is 36.8 Å². The Morgan fingerprint density at radius 1 is 1.27 bits per heavy atom. The zero-order chi connectivity index (χ0) is 15.5. The van der Waals surface area contributed by atoms with Crippen molar-refractivity contribution in [3.8, 4) is 0 Å². The summed E-state index contributed by atoms with van der Waals surface area (Å²) in [6, 6.07) is 7.56. The van der Waals surface area contributed by atoms with E-state index in [-0.39, 0.29) is 5.56 Å². The van der Waals surface area contributed by atoms with Gasteiger partial charge in [0.25, 0.3) is 5.56 Å². The third-order valence-corrected chi connectivity index (χ3v) is 4.00. The minimum atomic E-state index is -0.192. The number of aromatic amines is 2. The van der Waals surface area contributed by atoms with E-state index in [2.05, 4.69) is 27.1 Å². The normalized spacial score (nSPS) is 11.2. The number of fused-ring (bicyclic) bond motifs is 1. The second-order valence-electron chi connectivity index (χ2n) is 5.28. The number of nitrogens with zero attached hydrogens (tertiary/aromatic N) is 2. The van der Waals surface area contributed by atoms with Gasteiger partial charge in [0.15, 0.2) is 0 Å². The van der Waals surface area contributed by atoms with Crippen LogP contribution in [0.4, 0.5) is 0 Å². The van der Waals surface area contributed by atoms with E-state index >= 15 is 0 Å². The van der Waals surface area contributed by atoms with E-state index in [9.17, 15) is 4.79 Å². The molecule has 22 heavy (non-hydrogen) atoms. The molecule has 0 spiro atoms. The average molecular weight is 317 g/mol. The zero-order valence-electron chi connectivity index (χ0n) is 12.3. The smallest absolute Gasteiger partial charge is 0.276 e. The second-order valence-corrected chi connectivity index (χ2v) is 5.69. The van der Waals surface area contributed by atoms with E-state index in [4.69, 9.17) is 11.6 Å². The van der Waals surface area contributed by atoms with Crippen LogP contribution in [0.5, 0.6) is 0 Å². The Bertz CT molecular complexity index is 853. The lowest BCUT2D eigenvalue weighted by Gasteiger charge is -2.04. The van der Waals surface area contributed by atoms with Crippen LogP contribution in [-0.2, 0) is 12.8 Å². The number of H-pyrrole nitrogens is 2. The van der Waals surface area contributed by atoms with Gasteiger partial charge in [-0.25, -0.2) is 4.98 Å². The number of unbranched alkanes of at least 4 members (excludes halogenated alkanes) is 1. The number of aryl methyl sites for hydroxylation is 1. The van der Waals surface area contributed by atoms with Gasteiger partial charge in [0.1, 0.15) is 16.9 Å². The highest BCUT2D eigenvalue weighted by atomic mass is 35.5. The SMILES string of the molecule is CCCCc1n[nH]c2c(=O)[nH]c(Cc3ccccc3Cl)nc12. The lowest BCUT2D eigenvalue weighted by atomic mass is 10.1. The summed E-state index contributed by atoms with van der Waals surface area (Å²) < 4.78 is 0. The first-order valence-electron chi connectivity index (χ1n) is 7.38. The fraction of sp³-hybridized carbons (Fsp3) is 0.312. The van der Waals surface area contributed by atoms with E-state index in [0.29, 0.717) is 28.3 Å². The van der Waals surface area contributed by atoms with Crippen molar-refractivity contribution in [2.75, 3.05) is 0 Å². The van der Waals surface area contributed by atoms with Crippen molar-refractivity contribution in [2.45, 2.75) is 32.6 Å². The first-order valence-corrected chi connectivity index (χ1v) is 7.76. The maximum absolute atomic E-state index is 12.2. The fourth-order valence-electron chi connectivity index (χ4n) is 2.43. The molecule has 0 aliphatic rings. The summed E-state index contributed by atoms with van der Waals surface area (Å²) in [6.45, 7) is 2.12. The van der Waals surface area contributed by atoms with Crippen LogP contribution in [0.15, 0.2) is 29.1 Å². The number of halogens is 1. The molecule has 0 amide bonds. The molecule has 0 bridgehead atoms. The minimum absolute atomic E-state index is 0.192. The van der Waals surface area contributed by atoms with E-state index in [1.165, 1.54) is 0 Å². The van der Waals surface area contributed by atoms with Crippen LogP contribution in [0.2, 0.25) is 5.02 Å². The predicted octanol–water partition coefficient (Wildman–Crippen LogP) is 3.23. The van der Waals surface area contributed by atoms with Crippen LogP contribution in [0.25, 0.3) is 11.0 Å². The topological polar surface area (TPSA) is 74.4 Å². The van der Waals surface area contributed by atoms with Crippen LogP contribution < -0.4 is 5.56 Å². The zero-order valence-corrected chi connectivity index (χ0v) is 13.1. The van der Waals surface area contributed by atoms with Crippen molar-refractivity contribution in [2.24, 2.45) is 0 Å². The van der Waals surface area contributed by atoms with Gasteiger partial charge in [0, 0.05) is 11.4 Å². The van der Waals surface area contributed by atoms with Gasteiger partial charge in [-0.3, -0.25) is 9.89 Å². The van der Waals surface area contributed by atoms with Crippen LogP contribution in [0, 0.1) is 0 Å². The van der Waals surface area contributed by atoms with Crippen LogP contribution in [-0.4, -0.2) is 20.2 Å². The first-order chi connectivity index (χ1) is 10.7. The summed E-state index contributed by atoms with van der Waals surface area (Å²) in [7, 11) is 0. The quantitative estimate of drug-likeness (QED) is 0.759. The fourth-order valence-corrected chi connectivity index (χ4v) is 2.64. The summed E-state index contributed by atoms with van der Waals surface area (Å²) in [5, 5.41) is 7.68. The number of aromatic nitrogens is 4. The van der Waals surface area contributed by atoms with Crippen LogP contribution >= 0.6 is 11.6 Å². The highest BCUT2D eigenvalue weighted by Crippen LogP contribution is 2.18. The standard InChI is InChI=1S/C16H17ClN4O/c1-2-3-8-12-14-15(21-20-12)16(22)19-13(18-14)9-10-6-4-5-7-11(10)17/h4-7H,2-3,8-9H2,1H3,(H,20,21)(H,18,19,22). The lowest BCUT2D eigenvalue weighted by Crippen LogP contribution is -2.12. The molecule has 6 heteroatoms. The molecule has 2 heterocycles. The van der Waals surface area contributed by atoms with E-state index in [1.807, 2.05) is 24.3 Å². The van der Waals surface area contributed by atoms with E-state index in [0.717, 1.165) is 30.5 Å². The molecular formula is C16H17ClN4O. The summed E-state index contributed by atoms with van der Waals surface area (Å²) in [5.41, 5.74) is 2.70. The highest BCUT2D eigenvalue weighted by Gasteiger charge is 2.12. The number of rotatable bonds is 5. The number of hydrogen-bond donors (Lipinski definition) is 2. The number of benzene rings is 1. The summed E-state index contributed by atoms with van der Waals surface area (Å²) >= 11 is 6.17. The molecule has 0 unspecified atom stereocenters. The molecule has 2 N–H and O–H groups in total. The Morgan fingerprint density at radius 2 is 2.09 bits per heavy atom. The molecule has 0 atom stereocenters. The maximum atomic E-state index is 12.2. The van der Waals surface area contributed by atoms with Crippen molar-refractivity contribution in [1.82, 2.24) is 20.2 Å². The largest absolute Gasteiger partial charge is 0.308 e. The molecule has 0 saturated heterocycles. The van der Waals surface area contributed by atoms with Crippen molar-refractivity contribution in [3.63, 3.8) is 0 Å². The summed E-state index contributed by atoms with van der Waals surface area (Å²) in [4.78, 5) is 19.5.